The van der Waals surface area contributed by atoms with Gasteiger partial charge in [-0.3, -0.25) is 9.59 Å². The maximum absolute atomic E-state index is 12.5. The summed E-state index contributed by atoms with van der Waals surface area (Å²) in [5.74, 6) is 0.647. The minimum atomic E-state index is -0.477. The predicted molar refractivity (Wildman–Crippen MR) is 113 cm³/mol. The summed E-state index contributed by atoms with van der Waals surface area (Å²) in [6, 6.07) is 8.08. The lowest BCUT2D eigenvalue weighted by Crippen LogP contribution is -2.28. The molecule has 5 nitrogen and oxygen atoms in total. The maximum atomic E-state index is 12.5. The van der Waals surface area contributed by atoms with Crippen LogP contribution in [0.1, 0.15) is 53.6 Å². The van der Waals surface area contributed by atoms with Crippen LogP contribution in [0.3, 0.4) is 0 Å². The molecule has 28 heavy (non-hydrogen) atoms. The Balaban J connectivity index is 1.49. The smallest absolute Gasteiger partial charge is 0.261 e. The summed E-state index contributed by atoms with van der Waals surface area (Å²) < 4.78 is 5.77. The molecule has 0 atom stereocenters. The predicted octanol–water partition coefficient (Wildman–Crippen LogP) is 4.34. The summed E-state index contributed by atoms with van der Waals surface area (Å²) in [5, 5.41) is 6.47. The second kappa shape index (κ2) is 8.35. The van der Waals surface area contributed by atoms with Crippen molar-refractivity contribution < 1.29 is 14.3 Å². The van der Waals surface area contributed by atoms with Crippen molar-refractivity contribution in [1.29, 1.82) is 0 Å². The van der Waals surface area contributed by atoms with E-state index in [1.54, 1.807) is 0 Å². The fourth-order valence-corrected chi connectivity index (χ4v) is 4.10. The van der Waals surface area contributed by atoms with Gasteiger partial charge >= 0.3 is 0 Å². The van der Waals surface area contributed by atoms with Crippen LogP contribution in [0.2, 0.25) is 0 Å². The Hall–Kier alpha value is -2.34. The standard InChI is InChI=1S/C22H28N2O3S/c1-14-12-18(24-21(26)22(2,3)4)28-19(14)20(25)23-10-11-27-17-9-8-15-6-5-7-16(15)13-17/h8-9,12-13H,5-7,10-11H2,1-4H3,(H,23,25)(H,24,26). The summed E-state index contributed by atoms with van der Waals surface area (Å²) in [7, 11) is 0. The van der Waals surface area contributed by atoms with E-state index in [0.717, 1.165) is 24.2 Å². The third-order valence-electron chi connectivity index (χ3n) is 4.77. The molecule has 3 rings (SSSR count). The molecule has 0 bridgehead atoms. The van der Waals surface area contributed by atoms with E-state index in [4.69, 9.17) is 4.74 Å². The first-order chi connectivity index (χ1) is 13.2. The molecule has 0 saturated carbocycles. The van der Waals surface area contributed by atoms with Crippen LogP contribution in [0, 0.1) is 12.3 Å². The van der Waals surface area contributed by atoms with Crippen LogP contribution in [0.5, 0.6) is 5.75 Å². The highest BCUT2D eigenvalue weighted by atomic mass is 32.1. The molecule has 1 aliphatic carbocycles. The number of aryl methyl sites for hydroxylation is 3. The van der Waals surface area contributed by atoms with Gasteiger partial charge in [0.25, 0.3) is 5.91 Å². The number of anilines is 1. The summed E-state index contributed by atoms with van der Waals surface area (Å²) in [5.41, 5.74) is 3.17. The van der Waals surface area contributed by atoms with E-state index < -0.39 is 5.41 Å². The van der Waals surface area contributed by atoms with Crippen molar-refractivity contribution in [2.24, 2.45) is 5.41 Å². The van der Waals surface area contributed by atoms with Gasteiger partial charge in [0.2, 0.25) is 5.91 Å². The Morgan fingerprint density at radius 1 is 1.14 bits per heavy atom. The Morgan fingerprint density at radius 2 is 1.89 bits per heavy atom. The first-order valence-corrected chi connectivity index (χ1v) is 10.5. The molecule has 0 radical (unpaired) electrons. The highest BCUT2D eigenvalue weighted by Gasteiger charge is 2.23. The average Bonchev–Trinajstić information content (AvgIpc) is 3.23. The number of rotatable bonds is 6. The van der Waals surface area contributed by atoms with Gasteiger partial charge in [-0.05, 0) is 61.1 Å². The number of carbonyl (C=O) groups excluding carboxylic acids is 2. The Morgan fingerprint density at radius 3 is 2.64 bits per heavy atom. The number of benzene rings is 1. The molecule has 2 N–H and O–H groups in total. The van der Waals surface area contributed by atoms with E-state index in [1.165, 1.54) is 28.9 Å². The van der Waals surface area contributed by atoms with Gasteiger partial charge in [-0.15, -0.1) is 11.3 Å². The topological polar surface area (TPSA) is 67.4 Å². The monoisotopic (exact) mass is 400 g/mol. The summed E-state index contributed by atoms with van der Waals surface area (Å²) in [6.45, 7) is 8.30. The average molecular weight is 401 g/mol. The van der Waals surface area contributed by atoms with Crippen LogP contribution in [0.4, 0.5) is 5.00 Å². The first-order valence-electron chi connectivity index (χ1n) is 9.69. The molecule has 0 aliphatic heterocycles. The van der Waals surface area contributed by atoms with Gasteiger partial charge in [0.15, 0.2) is 0 Å². The van der Waals surface area contributed by atoms with Crippen LogP contribution in [-0.2, 0) is 17.6 Å². The Labute approximate surface area is 170 Å². The lowest BCUT2D eigenvalue weighted by Gasteiger charge is -2.16. The molecule has 1 heterocycles. The minimum absolute atomic E-state index is 0.0662. The van der Waals surface area contributed by atoms with Crippen LogP contribution in [0.15, 0.2) is 24.3 Å². The zero-order valence-electron chi connectivity index (χ0n) is 17.0. The van der Waals surface area contributed by atoms with Crippen LogP contribution >= 0.6 is 11.3 Å². The van der Waals surface area contributed by atoms with Gasteiger partial charge in [-0.2, -0.15) is 0 Å². The highest BCUT2D eigenvalue weighted by molar-refractivity contribution is 7.18. The van der Waals surface area contributed by atoms with E-state index in [0.29, 0.717) is 23.0 Å². The lowest BCUT2D eigenvalue weighted by atomic mass is 9.96. The second-order valence-corrected chi connectivity index (χ2v) is 9.27. The second-order valence-electron chi connectivity index (χ2n) is 8.22. The van der Waals surface area contributed by atoms with Gasteiger partial charge in [-0.1, -0.05) is 26.8 Å². The maximum Gasteiger partial charge on any atom is 0.261 e. The molecule has 1 aromatic carbocycles. The molecule has 0 spiro atoms. The third kappa shape index (κ3) is 4.93. The zero-order valence-corrected chi connectivity index (χ0v) is 17.8. The summed E-state index contributed by atoms with van der Waals surface area (Å²) >= 11 is 1.30. The fourth-order valence-electron chi connectivity index (χ4n) is 3.12. The number of nitrogens with one attached hydrogen (secondary N) is 2. The van der Waals surface area contributed by atoms with Gasteiger partial charge in [0, 0.05) is 5.41 Å². The fraction of sp³-hybridized carbons (Fsp3) is 0.455. The summed E-state index contributed by atoms with van der Waals surface area (Å²) in [4.78, 5) is 25.2. The highest BCUT2D eigenvalue weighted by Crippen LogP contribution is 2.28. The molecule has 1 aliphatic rings. The van der Waals surface area contributed by atoms with Gasteiger partial charge < -0.3 is 15.4 Å². The van der Waals surface area contributed by atoms with E-state index in [-0.39, 0.29) is 11.8 Å². The molecular formula is C22H28N2O3S. The van der Waals surface area contributed by atoms with Crippen molar-refractivity contribution in [3.05, 3.63) is 45.8 Å². The van der Waals surface area contributed by atoms with Gasteiger partial charge in [0.05, 0.1) is 16.4 Å². The third-order valence-corrected chi connectivity index (χ3v) is 5.92. The van der Waals surface area contributed by atoms with Crippen molar-refractivity contribution in [1.82, 2.24) is 5.32 Å². The molecule has 0 fully saturated rings. The van der Waals surface area contributed by atoms with Crippen LogP contribution in [-0.4, -0.2) is 25.0 Å². The molecule has 2 aromatic rings. The van der Waals surface area contributed by atoms with Crippen LogP contribution in [0.25, 0.3) is 0 Å². The molecule has 1 aromatic heterocycles. The largest absolute Gasteiger partial charge is 0.492 e. The van der Waals surface area contributed by atoms with Crippen molar-refractivity contribution >= 4 is 28.2 Å². The SMILES string of the molecule is Cc1cc(NC(=O)C(C)(C)C)sc1C(=O)NCCOc1ccc2c(c1)CCC2. The summed E-state index contributed by atoms with van der Waals surface area (Å²) in [6.07, 6.45) is 3.49. The molecular weight excluding hydrogens is 372 g/mol. The van der Waals surface area contributed by atoms with E-state index in [9.17, 15) is 9.59 Å². The van der Waals surface area contributed by atoms with Crippen molar-refractivity contribution in [2.45, 2.75) is 47.0 Å². The Kier molecular flexibility index (Phi) is 6.08. The van der Waals surface area contributed by atoms with E-state index >= 15 is 0 Å². The number of fused-ring (bicyclic) bond motifs is 1. The number of hydrogen-bond donors (Lipinski definition) is 2. The zero-order chi connectivity index (χ0) is 20.3. The normalized spacial score (nSPS) is 13.1. The number of hydrogen-bond acceptors (Lipinski definition) is 4. The molecule has 0 unspecified atom stereocenters. The van der Waals surface area contributed by atoms with Gasteiger partial charge in [-0.25, -0.2) is 0 Å². The van der Waals surface area contributed by atoms with Crippen molar-refractivity contribution in [2.75, 3.05) is 18.5 Å². The number of ether oxygens (including phenoxy) is 1. The van der Waals surface area contributed by atoms with Gasteiger partial charge in [0.1, 0.15) is 12.4 Å². The Bertz CT molecular complexity index is 880. The van der Waals surface area contributed by atoms with Crippen molar-refractivity contribution in [3.8, 4) is 5.75 Å². The minimum Gasteiger partial charge on any atom is -0.492 e. The number of thiophene rings is 1. The van der Waals surface area contributed by atoms with Crippen LogP contribution < -0.4 is 15.4 Å². The molecule has 150 valence electrons. The van der Waals surface area contributed by atoms with E-state index in [2.05, 4.69) is 22.8 Å². The molecule has 2 amide bonds. The quantitative estimate of drug-likeness (QED) is 0.709. The van der Waals surface area contributed by atoms with Crippen molar-refractivity contribution in [3.63, 3.8) is 0 Å². The number of carbonyl (C=O) groups is 2. The number of amides is 2. The van der Waals surface area contributed by atoms with E-state index in [1.807, 2.05) is 39.8 Å². The first kappa shape index (κ1) is 20.4. The molecule has 0 saturated heterocycles. The lowest BCUT2D eigenvalue weighted by molar-refractivity contribution is -0.123. The molecule has 6 heteroatoms.